The molecule has 0 bridgehead atoms. The van der Waals surface area contributed by atoms with Crippen LogP contribution in [0.25, 0.3) is 0 Å². The molecule has 0 unspecified atom stereocenters. The number of anilines is 1. The normalized spacial score (nSPS) is 14.5. The summed E-state index contributed by atoms with van der Waals surface area (Å²) in [5.41, 5.74) is 2.43. The number of aryl methyl sites for hydroxylation is 1. The second-order valence-corrected chi connectivity index (χ2v) is 2.51. The van der Waals surface area contributed by atoms with E-state index in [-0.39, 0.29) is 5.91 Å². The molecule has 0 aliphatic carbocycles. The number of fused-ring (bicyclic) bond motifs is 1. The summed E-state index contributed by atoms with van der Waals surface area (Å²) in [6, 6.07) is 0. The molecule has 0 atom stereocenters. The van der Waals surface area contributed by atoms with Crippen LogP contribution in [0, 0.1) is 6.92 Å². The van der Waals surface area contributed by atoms with E-state index in [1.807, 2.05) is 6.92 Å². The minimum absolute atomic E-state index is 0.00333. The maximum absolute atomic E-state index is 10.9. The van der Waals surface area contributed by atoms with E-state index in [1.165, 1.54) is 6.33 Å². The number of aromatic nitrogens is 2. The zero-order valence-corrected chi connectivity index (χ0v) is 6.09. The summed E-state index contributed by atoms with van der Waals surface area (Å²) in [7, 11) is 0. The van der Waals surface area contributed by atoms with Crippen molar-refractivity contribution in [2.45, 2.75) is 13.3 Å². The van der Waals surface area contributed by atoms with Crippen LogP contribution in [-0.4, -0.2) is 15.9 Å². The van der Waals surface area contributed by atoms with Crippen LogP contribution in [-0.2, 0) is 11.2 Å². The fourth-order valence-electron chi connectivity index (χ4n) is 1.16. The quantitative estimate of drug-likeness (QED) is 0.576. The lowest BCUT2D eigenvalue weighted by molar-refractivity contribution is -0.115. The van der Waals surface area contributed by atoms with Crippen molar-refractivity contribution in [3.8, 4) is 0 Å². The standard InChI is InChI=1S/C7H7N3O/c1-4-7-5(9-3-8-4)2-6(11)10-7/h3H,2H2,1H3,(H,10,11). The van der Waals surface area contributed by atoms with E-state index in [0.29, 0.717) is 6.42 Å². The van der Waals surface area contributed by atoms with Gasteiger partial charge >= 0.3 is 0 Å². The highest BCUT2D eigenvalue weighted by atomic mass is 16.1. The Hall–Kier alpha value is -1.45. The van der Waals surface area contributed by atoms with Gasteiger partial charge in [0, 0.05) is 0 Å². The van der Waals surface area contributed by atoms with E-state index in [4.69, 9.17) is 0 Å². The number of hydrogen-bond donors (Lipinski definition) is 1. The monoisotopic (exact) mass is 149 g/mol. The van der Waals surface area contributed by atoms with Crippen LogP contribution in [0.2, 0.25) is 0 Å². The van der Waals surface area contributed by atoms with Crippen molar-refractivity contribution in [1.82, 2.24) is 9.97 Å². The smallest absolute Gasteiger partial charge is 0.230 e. The fourth-order valence-corrected chi connectivity index (χ4v) is 1.16. The molecule has 1 aliphatic heterocycles. The highest BCUT2D eigenvalue weighted by Crippen LogP contribution is 2.21. The van der Waals surface area contributed by atoms with Gasteiger partial charge < -0.3 is 5.32 Å². The number of amides is 1. The Morgan fingerprint density at radius 2 is 2.36 bits per heavy atom. The van der Waals surface area contributed by atoms with Crippen molar-refractivity contribution in [3.05, 3.63) is 17.7 Å². The molecule has 4 nitrogen and oxygen atoms in total. The first kappa shape index (κ1) is 6.27. The summed E-state index contributed by atoms with van der Waals surface area (Å²) in [5.74, 6) is 0.00333. The van der Waals surface area contributed by atoms with Gasteiger partial charge in [0.05, 0.1) is 23.5 Å². The number of nitrogens with one attached hydrogen (secondary N) is 1. The Balaban J connectivity index is 2.57. The molecule has 4 heteroatoms. The van der Waals surface area contributed by atoms with Gasteiger partial charge in [0.2, 0.25) is 5.91 Å². The zero-order chi connectivity index (χ0) is 7.84. The first-order chi connectivity index (χ1) is 5.27. The highest BCUT2D eigenvalue weighted by Gasteiger charge is 2.20. The number of nitrogens with zero attached hydrogens (tertiary/aromatic N) is 2. The second-order valence-electron chi connectivity index (χ2n) is 2.51. The third kappa shape index (κ3) is 0.869. The van der Waals surface area contributed by atoms with Crippen molar-refractivity contribution in [1.29, 1.82) is 0 Å². The topological polar surface area (TPSA) is 54.9 Å². The van der Waals surface area contributed by atoms with E-state index in [9.17, 15) is 4.79 Å². The van der Waals surface area contributed by atoms with Crippen LogP contribution in [0.1, 0.15) is 11.4 Å². The molecule has 11 heavy (non-hydrogen) atoms. The molecule has 2 heterocycles. The molecule has 0 saturated heterocycles. The van der Waals surface area contributed by atoms with Gasteiger partial charge in [-0.05, 0) is 6.92 Å². The van der Waals surface area contributed by atoms with Gasteiger partial charge in [0.15, 0.2) is 0 Å². The van der Waals surface area contributed by atoms with Crippen molar-refractivity contribution in [2.24, 2.45) is 0 Å². The first-order valence-corrected chi connectivity index (χ1v) is 3.37. The van der Waals surface area contributed by atoms with Crippen LogP contribution in [0.4, 0.5) is 5.69 Å². The Kier molecular flexibility index (Phi) is 1.15. The lowest BCUT2D eigenvalue weighted by Crippen LogP contribution is -2.04. The third-order valence-electron chi connectivity index (χ3n) is 1.71. The molecule has 0 radical (unpaired) electrons. The first-order valence-electron chi connectivity index (χ1n) is 3.37. The van der Waals surface area contributed by atoms with Crippen LogP contribution in [0.5, 0.6) is 0 Å². The summed E-state index contributed by atoms with van der Waals surface area (Å²) in [5, 5.41) is 2.70. The predicted molar refractivity (Wildman–Crippen MR) is 39.1 cm³/mol. The lowest BCUT2D eigenvalue weighted by atomic mass is 10.3. The van der Waals surface area contributed by atoms with Gasteiger partial charge in [0.25, 0.3) is 0 Å². The maximum Gasteiger partial charge on any atom is 0.230 e. The third-order valence-corrected chi connectivity index (χ3v) is 1.71. The maximum atomic E-state index is 10.9. The molecule has 0 spiro atoms. The van der Waals surface area contributed by atoms with E-state index in [2.05, 4.69) is 15.3 Å². The molecule has 1 aromatic heterocycles. The summed E-state index contributed by atoms with van der Waals surface area (Å²) in [6.45, 7) is 1.85. The summed E-state index contributed by atoms with van der Waals surface area (Å²) >= 11 is 0. The molecule has 0 fully saturated rings. The number of carbonyl (C=O) groups excluding carboxylic acids is 1. The molecule has 1 aliphatic rings. The van der Waals surface area contributed by atoms with E-state index in [0.717, 1.165) is 17.1 Å². The Bertz CT molecular complexity index is 321. The number of carbonyl (C=O) groups is 1. The van der Waals surface area contributed by atoms with Gasteiger partial charge in [0.1, 0.15) is 6.33 Å². The Labute approximate surface area is 63.7 Å². The molecule has 0 saturated carbocycles. The van der Waals surface area contributed by atoms with E-state index >= 15 is 0 Å². The van der Waals surface area contributed by atoms with Crippen LogP contribution < -0.4 is 5.32 Å². The SMILES string of the molecule is Cc1ncnc2c1NC(=O)C2. The lowest BCUT2D eigenvalue weighted by Gasteiger charge is -1.98. The van der Waals surface area contributed by atoms with Crippen molar-refractivity contribution in [2.75, 3.05) is 5.32 Å². The largest absolute Gasteiger partial charge is 0.323 e. The molecular formula is C7H7N3O. The van der Waals surface area contributed by atoms with E-state index < -0.39 is 0 Å². The minimum Gasteiger partial charge on any atom is -0.323 e. The number of rotatable bonds is 0. The molecule has 1 N–H and O–H groups in total. The van der Waals surface area contributed by atoms with Crippen molar-refractivity contribution >= 4 is 11.6 Å². The average molecular weight is 149 g/mol. The summed E-state index contributed by atoms with van der Waals surface area (Å²) in [4.78, 5) is 18.8. The van der Waals surface area contributed by atoms with Crippen molar-refractivity contribution < 1.29 is 4.79 Å². The van der Waals surface area contributed by atoms with Crippen LogP contribution >= 0.6 is 0 Å². The molecular weight excluding hydrogens is 142 g/mol. The van der Waals surface area contributed by atoms with Gasteiger partial charge in [-0.15, -0.1) is 0 Å². The van der Waals surface area contributed by atoms with Crippen LogP contribution in [0.15, 0.2) is 6.33 Å². The summed E-state index contributed by atoms with van der Waals surface area (Å²) < 4.78 is 0. The fraction of sp³-hybridized carbons (Fsp3) is 0.286. The average Bonchev–Trinajstić information content (AvgIpc) is 2.31. The molecule has 0 aromatic carbocycles. The molecule has 1 aromatic rings. The van der Waals surface area contributed by atoms with E-state index in [1.54, 1.807) is 0 Å². The zero-order valence-electron chi connectivity index (χ0n) is 6.09. The van der Waals surface area contributed by atoms with Gasteiger partial charge in [-0.25, -0.2) is 9.97 Å². The molecule has 1 amide bonds. The number of hydrogen-bond acceptors (Lipinski definition) is 3. The van der Waals surface area contributed by atoms with Gasteiger partial charge in [-0.3, -0.25) is 4.79 Å². The predicted octanol–water partition coefficient (Wildman–Crippen LogP) is 0.280. The Morgan fingerprint density at radius 1 is 1.55 bits per heavy atom. The molecule has 2 rings (SSSR count). The Morgan fingerprint density at radius 3 is 3.09 bits per heavy atom. The molecule has 56 valence electrons. The van der Waals surface area contributed by atoms with Gasteiger partial charge in [-0.2, -0.15) is 0 Å². The van der Waals surface area contributed by atoms with Crippen LogP contribution in [0.3, 0.4) is 0 Å². The van der Waals surface area contributed by atoms with Crippen molar-refractivity contribution in [3.63, 3.8) is 0 Å². The summed E-state index contributed by atoms with van der Waals surface area (Å²) in [6.07, 6.45) is 1.87. The highest BCUT2D eigenvalue weighted by molar-refractivity contribution is 5.98. The minimum atomic E-state index is 0.00333. The second kappa shape index (κ2) is 2.02. The van der Waals surface area contributed by atoms with Gasteiger partial charge in [-0.1, -0.05) is 0 Å².